The zero-order valence-corrected chi connectivity index (χ0v) is 9.57. The molecule has 0 bridgehead atoms. The van der Waals surface area contributed by atoms with E-state index >= 15 is 0 Å². The summed E-state index contributed by atoms with van der Waals surface area (Å²) in [6, 6.07) is 3.03. The van der Waals surface area contributed by atoms with Crippen LogP contribution in [0.3, 0.4) is 0 Å². The molecular formula is C9H8INO3. The van der Waals surface area contributed by atoms with Gasteiger partial charge in [-0.1, -0.05) is 0 Å². The van der Waals surface area contributed by atoms with E-state index < -0.39 is 5.91 Å². The molecule has 1 amide bonds. The van der Waals surface area contributed by atoms with Crippen LogP contribution < -0.4 is 10.5 Å². The van der Waals surface area contributed by atoms with E-state index in [1.165, 1.54) is 19.2 Å². The topological polar surface area (TPSA) is 69.4 Å². The summed E-state index contributed by atoms with van der Waals surface area (Å²) in [7, 11) is 1.42. The van der Waals surface area contributed by atoms with Gasteiger partial charge in [-0.2, -0.15) is 0 Å². The number of rotatable bonds is 3. The van der Waals surface area contributed by atoms with Crippen molar-refractivity contribution in [2.45, 2.75) is 0 Å². The van der Waals surface area contributed by atoms with Gasteiger partial charge < -0.3 is 10.5 Å². The Balaban J connectivity index is 3.38. The van der Waals surface area contributed by atoms with Crippen LogP contribution in [0.5, 0.6) is 5.75 Å². The first-order valence-electron chi connectivity index (χ1n) is 3.72. The lowest BCUT2D eigenvalue weighted by Gasteiger charge is -2.07. The van der Waals surface area contributed by atoms with Gasteiger partial charge in [0.25, 0.3) is 5.91 Å². The fourth-order valence-corrected chi connectivity index (χ4v) is 1.62. The summed E-state index contributed by atoms with van der Waals surface area (Å²) < 4.78 is 5.61. The molecule has 14 heavy (non-hydrogen) atoms. The molecule has 0 heterocycles. The quantitative estimate of drug-likeness (QED) is 0.674. The number of primary amides is 1. The number of carbonyl (C=O) groups is 2. The minimum absolute atomic E-state index is 0.280. The number of hydrogen-bond acceptors (Lipinski definition) is 3. The molecule has 1 aromatic rings. The standard InChI is InChI=1S/C9H8INO3/c1-14-8-2-5(4-12)7(10)3-6(8)9(11)13/h2-4H,1H3,(H2,11,13). The molecule has 0 aliphatic rings. The summed E-state index contributed by atoms with van der Waals surface area (Å²) in [5.74, 6) is -0.253. The molecule has 74 valence electrons. The molecule has 0 atom stereocenters. The average molecular weight is 305 g/mol. The third-order valence-electron chi connectivity index (χ3n) is 1.71. The van der Waals surface area contributed by atoms with Crippen molar-refractivity contribution >= 4 is 34.8 Å². The molecule has 4 nitrogen and oxygen atoms in total. The number of ether oxygens (including phenoxy) is 1. The van der Waals surface area contributed by atoms with E-state index in [0.717, 1.165) is 0 Å². The number of nitrogens with two attached hydrogens (primary N) is 1. The molecule has 0 unspecified atom stereocenters. The molecule has 0 aliphatic heterocycles. The molecule has 1 aromatic carbocycles. The Morgan fingerprint density at radius 2 is 2.21 bits per heavy atom. The van der Waals surface area contributed by atoms with Crippen LogP contribution in [0.25, 0.3) is 0 Å². The molecule has 0 radical (unpaired) electrons. The van der Waals surface area contributed by atoms with E-state index in [0.29, 0.717) is 21.2 Å². The number of methoxy groups -OCH3 is 1. The van der Waals surface area contributed by atoms with Gasteiger partial charge in [0.15, 0.2) is 6.29 Å². The van der Waals surface area contributed by atoms with E-state index in [1.807, 2.05) is 22.6 Å². The molecule has 0 fully saturated rings. The van der Waals surface area contributed by atoms with Gasteiger partial charge in [0, 0.05) is 9.13 Å². The Morgan fingerprint density at radius 1 is 1.57 bits per heavy atom. The molecule has 5 heteroatoms. The minimum atomic E-state index is -0.572. The van der Waals surface area contributed by atoms with Gasteiger partial charge in [0.1, 0.15) is 5.75 Å². The molecule has 2 N–H and O–H groups in total. The van der Waals surface area contributed by atoms with Gasteiger partial charge in [-0.05, 0) is 34.7 Å². The van der Waals surface area contributed by atoms with Gasteiger partial charge in [-0.3, -0.25) is 9.59 Å². The molecule has 0 saturated heterocycles. The fraction of sp³-hybridized carbons (Fsp3) is 0.111. The number of halogens is 1. The van der Waals surface area contributed by atoms with E-state index in [4.69, 9.17) is 10.5 Å². The van der Waals surface area contributed by atoms with E-state index in [9.17, 15) is 9.59 Å². The molecule has 1 rings (SSSR count). The van der Waals surface area contributed by atoms with Crippen LogP contribution in [0.2, 0.25) is 0 Å². The van der Waals surface area contributed by atoms with Gasteiger partial charge in [0.05, 0.1) is 12.7 Å². The second-order valence-electron chi connectivity index (χ2n) is 2.56. The number of aldehydes is 1. The van der Waals surface area contributed by atoms with E-state index in [1.54, 1.807) is 0 Å². The Morgan fingerprint density at radius 3 is 2.64 bits per heavy atom. The van der Waals surface area contributed by atoms with Crippen LogP contribution in [0.15, 0.2) is 12.1 Å². The van der Waals surface area contributed by atoms with Crippen LogP contribution in [-0.4, -0.2) is 19.3 Å². The Labute approximate surface area is 94.6 Å². The van der Waals surface area contributed by atoms with Crippen molar-refractivity contribution in [1.29, 1.82) is 0 Å². The summed E-state index contributed by atoms with van der Waals surface area (Å²) in [4.78, 5) is 21.6. The summed E-state index contributed by atoms with van der Waals surface area (Å²) in [6.45, 7) is 0. The van der Waals surface area contributed by atoms with Gasteiger partial charge >= 0.3 is 0 Å². The molecule has 0 spiro atoms. The highest BCUT2D eigenvalue weighted by Gasteiger charge is 2.12. The Bertz CT molecular complexity index is 390. The minimum Gasteiger partial charge on any atom is -0.496 e. The summed E-state index contributed by atoms with van der Waals surface area (Å²) in [5, 5.41) is 0. The van der Waals surface area contributed by atoms with E-state index in [-0.39, 0.29) is 5.56 Å². The van der Waals surface area contributed by atoms with Crippen molar-refractivity contribution in [1.82, 2.24) is 0 Å². The van der Waals surface area contributed by atoms with Crippen LogP contribution in [0.1, 0.15) is 20.7 Å². The van der Waals surface area contributed by atoms with Crippen LogP contribution >= 0.6 is 22.6 Å². The summed E-state index contributed by atoms with van der Waals surface area (Å²) in [5.41, 5.74) is 5.90. The maximum atomic E-state index is 11.0. The lowest BCUT2D eigenvalue weighted by Crippen LogP contribution is -2.13. The predicted molar refractivity (Wildman–Crippen MR) is 59.6 cm³/mol. The molecule has 0 saturated carbocycles. The summed E-state index contributed by atoms with van der Waals surface area (Å²) >= 11 is 1.96. The van der Waals surface area contributed by atoms with Gasteiger partial charge in [-0.15, -0.1) is 0 Å². The van der Waals surface area contributed by atoms with Gasteiger partial charge in [-0.25, -0.2) is 0 Å². The maximum absolute atomic E-state index is 11.0. The van der Waals surface area contributed by atoms with E-state index in [2.05, 4.69) is 0 Å². The zero-order valence-electron chi connectivity index (χ0n) is 7.41. The Hall–Kier alpha value is -1.11. The molecule has 0 aliphatic carbocycles. The fourth-order valence-electron chi connectivity index (χ4n) is 1.02. The Kier molecular flexibility index (Phi) is 3.45. The normalized spacial score (nSPS) is 9.57. The SMILES string of the molecule is COc1cc(C=O)c(I)cc1C(N)=O. The predicted octanol–water partition coefficient (Wildman–Crippen LogP) is 1.21. The second-order valence-corrected chi connectivity index (χ2v) is 3.72. The number of amides is 1. The average Bonchev–Trinajstić information content (AvgIpc) is 2.17. The lowest BCUT2D eigenvalue weighted by molar-refractivity contribution is 0.0996. The van der Waals surface area contributed by atoms with Crippen LogP contribution in [0, 0.1) is 3.57 Å². The highest BCUT2D eigenvalue weighted by atomic mass is 127. The van der Waals surface area contributed by atoms with Crippen LogP contribution in [0.4, 0.5) is 0 Å². The maximum Gasteiger partial charge on any atom is 0.252 e. The first kappa shape index (κ1) is 11.0. The summed E-state index contributed by atoms with van der Waals surface area (Å²) in [6.07, 6.45) is 0.703. The monoisotopic (exact) mass is 305 g/mol. The first-order valence-corrected chi connectivity index (χ1v) is 4.80. The van der Waals surface area contributed by atoms with Crippen molar-refractivity contribution in [3.63, 3.8) is 0 Å². The number of benzene rings is 1. The number of carbonyl (C=O) groups excluding carboxylic acids is 2. The highest BCUT2D eigenvalue weighted by molar-refractivity contribution is 14.1. The smallest absolute Gasteiger partial charge is 0.252 e. The van der Waals surface area contributed by atoms with Crippen LogP contribution in [-0.2, 0) is 0 Å². The molecular weight excluding hydrogens is 297 g/mol. The first-order chi connectivity index (χ1) is 6.60. The van der Waals surface area contributed by atoms with Crippen molar-refractivity contribution in [3.05, 3.63) is 26.8 Å². The third-order valence-corrected chi connectivity index (χ3v) is 2.65. The van der Waals surface area contributed by atoms with Gasteiger partial charge in [0.2, 0.25) is 0 Å². The lowest BCUT2D eigenvalue weighted by atomic mass is 10.1. The van der Waals surface area contributed by atoms with Crippen molar-refractivity contribution in [2.75, 3.05) is 7.11 Å². The zero-order chi connectivity index (χ0) is 10.7. The number of hydrogen-bond donors (Lipinski definition) is 1. The van der Waals surface area contributed by atoms with Crippen molar-refractivity contribution in [3.8, 4) is 5.75 Å². The highest BCUT2D eigenvalue weighted by Crippen LogP contribution is 2.23. The van der Waals surface area contributed by atoms with Crippen molar-refractivity contribution < 1.29 is 14.3 Å². The third kappa shape index (κ3) is 2.03. The second kappa shape index (κ2) is 4.41. The van der Waals surface area contributed by atoms with Crippen molar-refractivity contribution in [2.24, 2.45) is 5.73 Å². The largest absolute Gasteiger partial charge is 0.496 e. The molecule has 0 aromatic heterocycles.